The van der Waals surface area contributed by atoms with E-state index in [-0.39, 0.29) is 0 Å². The second-order valence-electron chi connectivity index (χ2n) is 4.82. The van der Waals surface area contributed by atoms with Crippen molar-refractivity contribution in [3.05, 3.63) is 35.9 Å². The second kappa shape index (κ2) is 10.4. The van der Waals surface area contributed by atoms with Crippen molar-refractivity contribution < 1.29 is 9.47 Å². The molecule has 0 bridgehead atoms. The van der Waals surface area contributed by atoms with Crippen molar-refractivity contribution >= 4 is 6.08 Å². The first-order valence-electron chi connectivity index (χ1n) is 6.96. The lowest BCUT2D eigenvalue weighted by Gasteiger charge is -2.10. The van der Waals surface area contributed by atoms with Gasteiger partial charge in [0.25, 0.3) is 0 Å². The first kappa shape index (κ1) is 16.7. The Hall–Kier alpha value is -1.36. The molecule has 0 saturated heterocycles. The molecule has 0 radical (unpaired) electrons. The number of rotatable bonds is 10. The van der Waals surface area contributed by atoms with E-state index in [4.69, 9.17) is 9.47 Å². The van der Waals surface area contributed by atoms with Crippen LogP contribution in [0.5, 0.6) is 5.75 Å². The van der Waals surface area contributed by atoms with E-state index in [1.165, 1.54) is 5.56 Å². The molecule has 0 atom stereocenters. The van der Waals surface area contributed by atoms with Crippen LogP contribution in [0.4, 0.5) is 0 Å². The molecular formula is C16H26N2O2. The molecule has 0 aliphatic carbocycles. The summed E-state index contributed by atoms with van der Waals surface area (Å²) in [6, 6.07) is 8.15. The number of hydrogen-bond acceptors (Lipinski definition) is 4. The molecule has 0 unspecified atom stereocenters. The molecule has 1 aromatic carbocycles. The van der Waals surface area contributed by atoms with Crippen molar-refractivity contribution in [1.82, 2.24) is 10.2 Å². The van der Waals surface area contributed by atoms with Crippen molar-refractivity contribution in [3.8, 4) is 5.75 Å². The van der Waals surface area contributed by atoms with E-state index < -0.39 is 0 Å². The standard InChI is InChI=1S/C16H26N2O2/c1-18(2)12-14-20-16-8-6-15(7-9-16)5-4-10-17-11-13-19-3/h4-9,17H,10-14H2,1-3H3. The maximum absolute atomic E-state index is 5.65. The van der Waals surface area contributed by atoms with Crippen molar-refractivity contribution in [2.24, 2.45) is 0 Å². The molecule has 0 fully saturated rings. The fraction of sp³-hybridized carbons (Fsp3) is 0.500. The Labute approximate surface area is 122 Å². The summed E-state index contributed by atoms with van der Waals surface area (Å²) in [7, 11) is 5.79. The third kappa shape index (κ3) is 7.94. The number of methoxy groups -OCH3 is 1. The molecular weight excluding hydrogens is 252 g/mol. The molecule has 0 aliphatic heterocycles. The summed E-state index contributed by atoms with van der Waals surface area (Å²) < 4.78 is 10.6. The monoisotopic (exact) mass is 278 g/mol. The lowest BCUT2D eigenvalue weighted by molar-refractivity contribution is 0.200. The van der Waals surface area contributed by atoms with Gasteiger partial charge in [-0.2, -0.15) is 0 Å². The largest absolute Gasteiger partial charge is 0.492 e. The van der Waals surface area contributed by atoms with Crippen molar-refractivity contribution in [1.29, 1.82) is 0 Å². The molecule has 112 valence electrons. The Morgan fingerprint density at radius 2 is 1.90 bits per heavy atom. The highest BCUT2D eigenvalue weighted by atomic mass is 16.5. The lowest BCUT2D eigenvalue weighted by Crippen LogP contribution is -2.19. The van der Waals surface area contributed by atoms with Gasteiger partial charge in [-0.3, -0.25) is 0 Å². The Morgan fingerprint density at radius 3 is 2.55 bits per heavy atom. The molecule has 1 aromatic rings. The summed E-state index contributed by atoms with van der Waals surface area (Å²) in [5.74, 6) is 0.919. The van der Waals surface area contributed by atoms with Gasteiger partial charge in [-0.15, -0.1) is 0 Å². The van der Waals surface area contributed by atoms with E-state index in [9.17, 15) is 0 Å². The molecule has 0 heterocycles. The molecule has 1 rings (SSSR count). The summed E-state index contributed by atoms with van der Waals surface area (Å²) >= 11 is 0. The Morgan fingerprint density at radius 1 is 1.15 bits per heavy atom. The molecule has 0 saturated carbocycles. The van der Waals surface area contributed by atoms with Gasteiger partial charge >= 0.3 is 0 Å². The van der Waals surface area contributed by atoms with Gasteiger partial charge in [-0.1, -0.05) is 24.3 Å². The molecule has 0 amide bonds. The number of hydrogen-bond donors (Lipinski definition) is 1. The van der Waals surface area contributed by atoms with E-state index in [2.05, 4.69) is 34.5 Å². The van der Waals surface area contributed by atoms with Crippen LogP contribution < -0.4 is 10.1 Å². The van der Waals surface area contributed by atoms with Crippen LogP contribution in [0, 0.1) is 0 Å². The smallest absolute Gasteiger partial charge is 0.119 e. The Bertz CT molecular complexity index is 375. The minimum Gasteiger partial charge on any atom is -0.492 e. The predicted molar refractivity (Wildman–Crippen MR) is 84.3 cm³/mol. The van der Waals surface area contributed by atoms with Gasteiger partial charge in [-0.05, 0) is 31.8 Å². The predicted octanol–water partition coefficient (Wildman–Crippen LogP) is 1.88. The fourth-order valence-corrected chi connectivity index (χ4v) is 1.58. The van der Waals surface area contributed by atoms with Crippen molar-refractivity contribution in [3.63, 3.8) is 0 Å². The molecule has 20 heavy (non-hydrogen) atoms. The molecule has 0 spiro atoms. The minimum atomic E-state index is 0.714. The Kier molecular flexibility index (Phi) is 8.71. The molecule has 0 aliphatic rings. The number of likely N-dealkylation sites (N-methyl/N-ethyl adjacent to an activating group) is 1. The van der Waals surface area contributed by atoms with Crippen LogP contribution >= 0.6 is 0 Å². The minimum absolute atomic E-state index is 0.714. The van der Waals surface area contributed by atoms with Crippen LogP contribution in [0.1, 0.15) is 5.56 Å². The second-order valence-corrected chi connectivity index (χ2v) is 4.82. The van der Waals surface area contributed by atoms with Crippen LogP contribution in [-0.4, -0.2) is 59.0 Å². The SMILES string of the molecule is COCCNCC=Cc1ccc(OCCN(C)C)cc1. The quantitative estimate of drug-likeness (QED) is 0.663. The summed E-state index contributed by atoms with van der Waals surface area (Å²) in [6.45, 7) is 4.11. The zero-order valence-corrected chi connectivity index (χ0v) is 12.8. The molecule has 0 aromatic heterocycles. The van der Waals surface area contributed by atoms with Gasteiger partial charge in [0.2, 0.25) is 0 Å². The highest BCUT2D eigenvalue weighted by Gasteiger charge is 1.94. The zero-order valence-electron chi connectivity index (χ0n) is 12.8. The van der Waals surface area contributed by atoms with Gasteiger partial charge in [0.05, 0.1) is 6.61 Å². The first-order valence-corrected chi connectivity index (χ1v) is 6.96. The van der Waals surface area contributed by atoms with Gasteiger partial charge in [0, 0.05) is 26.7 Å². The summed E-state index contributed by atoms with van der Waals surface area (Å²) in [5.41, 5.74) is 1.18. The highest BCUT2D eigenvalue weighted by Crippen LogP contribution is 2.12. The van der Waals surface area contributed by atoms with E-state index >= 15 is 0 Å². The summed E-state index contributed by atoms with van der Waals surface area (Å²) in [6.07, 6.45) is 4.21. The van der Waals surface area contributed by atoms with E-state index in [0.717, 1.165) is 32.0 Å². The van der Waals surface area contributed by atoms with Crippen LogP contribution in [0.2, 0.25) is 0 Å². The maximum Gasteiger partial charge on any atom is 0.119 e. The third-order valence-electron chi connectivity index (χ3n) is 2.74. The summed E-state index contributed by atoms with van der Waals surface area (Å²) in [5, 5.41) is 3.27. The van der Waals surface area contributed by atoms with Crippen LogP contribution in [0.15, 0.2) is 30.3 Å². The fourth-order valence-electron chi connectivity index (χ4n) is 1.58. The number of nitrogens with one attached hydrogen (secondary N) is 1. The number of ether oxygens (including phenoxy) is 2. The van der Waals surface area contributed by atoms with Gasteiger partial charge < -0.3 is 19.7 Å². The van der Waals surface area contributed by atoms with E-state index in [0.29, 0.717) is 6.61 Å². The van der Waals surface area contributed by atoms with Crippen LogP contribution in [0.3, 0.4) is 0 Å². The van der Waals surface area contributed by atoms with Gasteiger partial charge in [-0.25, -0.2) is 0 Å². The first-order chi connectivity index (χ1) is 9.72. The van der Waals surface area contributed by atoms with E-state index in [1.807, 2.05) is 26.2 Å². The lowest BCUT2D eigenvalue weighted by atomic mass is 10.2. The Balaban J connectivity index is 2.25. The molecule has 1 N–H and O–H groups in total. The van der Waals surface area contributed by atoms with Gasteiger partial charge in [0.15, 0.2) is 0 Å². The average Bonchev–Trinajstić information content (AvgIpc) is 2.44. The summed E-state index contributed by atoms with van der Waals surface area (Å²) in [4.78, 5) is 2.10. The maximum atomic E-state index is 5.65. The topological polar surface area (TPSA) is 33.7 Å². The normalized spacial score (nSPS) is 11.4. The number of benzene rings is 1. The van der Waals surface area contributed by atoms with Crippen LogP contribution in [0.25, 0.3) is 6.08 Å². The molecule has 4 nitrogen and oxygen atoms in total. The average molecular weight is 278 g/mol. The third-order valence-corrected chi connectivity index (χ3v) is 2.74. The highest BCUT2D eigenvalue weighted by molar-refractivity contribution is 5.50. The number of nitrogens with zero attached hydrogens (tertiary/aromatic N) is 1. The van der Waals surface area contributed by atoms with Gasteiger partial charge in [0.1, 0.15) is 12.4 Å². The molecule has 4 heteroatoms. The van der Waals surface area contributed by atoms with E-state index in [1.54, 1.807) is 7.11 Å². The van der Waals surface area contributed by atoms with Crippen molar-refractivity contribution in [2.75, 3.05) is 54.1 Å². The zero-order chi connectivity index (χ0) is 14.6. The van der Waals surface area contributed by atoms with Crippen molar-refractivity contribution in [2.45, 2.75) is 0 Å². The van der Waals surface area contributed by atoms with Crippen LogP contribution in [-0.2, 0) is 4.74 Å².